The van der Waals surface area contributed by atoms with Crippen LogP contribution in [0.25, 0.3) is 11.0 Å². The second-order valence-electron chi connectivity index (χ2n) is 5.86. The third kappa shape index (κ3) is 3.70. The van der Waals surface area contributed by atoms with E-state index in [1.165, 1.54) is 7.11 Å². The zero-order valence-electron chi connectivity index (χ0n) is 14.2. The van der Waals surface area contributed by atoms with E-state index in [9.17, 15) is 14.7 Å². The maximum Gasteiger partial charge on any atom is 0.326 e. The van der Waals surface area contributed by atoms with Gasteiger partial charge in [-0.1, -0.05) is 0 Å². The maximum atomic E-state index is 12.4. The number of fused-ring (bicyclic) bond motifs is 1. The number of nitrogens with zero attached hydrogens (tertiary/aromatic N) is 3. The van der Waals surface area contributed by atoms with Gasteiger partial charge in [-0.15, -0.1) is 0 Å². The molecule has 1 unspecified atom stereocenters. The second-order valence-corrected chi connectivity index (χ2v) is 5.86. The molecule has 2 N–H and O–H groups in total. The van der Waals surface area contributed by atoms with Gasteiger partial charge in [-0.3, -0.25) is 4.79 Å². The number of aliphatic carboxylic acids is 1. The highest BCUT2D eigenvalue weighted by atomic mass is 16.5. The molecule has 2 heterocycles. The van der Waals surface area contributed by atoms with E-state index in [0.717, 1.165) is 5.39 Å². The minimum Gasteiger partial charge on any atom is -0.480 e. The largest absolute Gasteiger partial charge is 0.480 e. The first kappa shape index (κ1) is 17.9. The number of ether oxygens (including phenoxy) is 1. The standard InChI is InChI=1S/C16H22N4O4/c1-9(2)20-14-11(8-17-20)7-12(10(3)18-14)15(21)19-13(16(22)23)5-6-24-4/h7-9,13H,5-6H2,1-4H3,(H,19,21)(H,22,23). The van der Waals surface area contributed by atoms with Crippen molar-refractivity contribution in [2.75, 3.05) is 13.7 Å². The fourth-order valence-corrected chi connectivity index (χ4v) is 2.40. The normalized spacial score (nSPS) is 12.5. The van der Waals surface area contributed by atoms with Crippen molar-refractivity contribution in [3.63, 3.8) is 0 Å². The maximum absolute atomic E-state index is 12.4. The lowest BCUT2D eigenvalue weighted by Gasteiger charge is -2.15. The highest BCUT2D eigenvalue weighted by molar-refractivity contribution is 5.99. The highest BCUT2D eigenvalue weighted by Crippen LogP contribution is 2.19. The molecule has 0 spiro atoms. The van der Waals surface area contributed by atoms with Gasteiger partial charge < -0.3 is 15.2 Å². The molecular weight excluding hydrogens is 312 g/mol. The zero-order valence-corrected chi connectivity index (χ0v) is 14.2. The Bertz CT molecular complexity index is 754. The summed E-state index contributed by atoms with van der Waals surface area (Å²) in [4.78, 5) is 28.2. The van der Waals surface area contributed by atoms with Gasteiger partial charge in [0, 0.05) is 31.6 Å². The molecule has 0 radical (unpaired) electrons. The van der Waals surface area contributed by atoms with Crippen LogP contribution in [-0.2, 0) is 9.53 Å². The van der Waals surface area contributed by atoms with Crippen LogP contribution in [0.1, 0.15) is 42.4 Å². The summed E-state index contributed by atoms with van der Waals surface area (Å²) in [6, 6.07) is 0.833. The molecular formula is C16H22N4O4. The smallest absolute Gasteiger partial charge is 0.326 e. The van der Waals surface area contributed by atoms with Crippen molar-refractivity contribution in [2.24, 2.45) is 0 Å². The first-order chi connectivity index (χ1) is 11.3. The summed E-state index contributed by atoms with van der Waals surface area (Å²) < 4.78 is 6.66. The monoisotopic (exact) mass is 334 g/mol. The Morgan fingerprint density at radius 3 is 2.71 bits per heavy atom. The molecule has 8 nitrogen and oxygen atoms in total. The van der Waals surface area contributed by atoms with Gasteiger partial charge in [-0.05, 0) is 26.8 Å². The average molecular weight is 334 g/mol. The Labute approximate surface area is 139 Å². The molecule has 0 aliphatic rings. The third-order valence-corrected chi connectivity index (χ3v) is 3.71. The molecule has 1 amide bonds. The Morgan fingerprint density at radius 2 is 2.12 bits per heavy atom. The number of rotatable bonds is 7. The van der Waals surface area contributed by atoms with Crippen molar-refractivity contribution in [3.8, 4) is 0 Å². The van der Waals surface area contributed by atoms with E-state index >= 15 is 0 Å². The second kappa shape index (κ2) is 7.39. The van der Waals surface area contributed by atoms with Crippen molar-refractivity contribution in [2.45, 2.75) is 39.3 Å². The topological polar surface area (TPSA) is 106 Å². The molecule has 24 heavy (non-hydrogen) atoms. The number of carbonyl (C=O) groups is 2. The van der Waals surface area contributed by atoms with E-state index in [1.54, 1.807) is 23.9 Å². The lowest BCUT2D eigenvalue weighted by Crippen LogP contribution is -2.41. The van der Waals surface area contributed by atoms with Gasteiger partial charge in [0.05, 0.1) is 17.5 Å². The molecule has 0 saturated heterocycles. The summed E-state index contributed by atoms with van der Waals surface area (Å²) in [6.07, 6.45) is 1.84. The van der Waals surface area contributed by atoms with Crippen LogP contribution in [-0.4, -0.2) is 51.5 Å². The van der Waals surface area contributed by atoms with Crippen molar-refractivity contribution in [1.29, 1.82) is 0 Å². The van der Waals surface area contributed by atoms with Crippen LogP contribution in [0.4, 0.5) is 0 Å². The number of hydrogen-bond acceptors (Lipinski definition) is 5. The van der Waals surface area contributed by atoms with Crippen molar-refractivity contribution >= 4 is 22.9 Å². The molecule has 130 valence electrons. The molecule has 0 aromatic carbocycles. The molecule has 0 aliphatic carbocycles. The molecule has 8 heteroatoms. The van der Waals surface area contributed by atoms with Gasteiger partial charge in [0.25, 0.3) is 5.91 Å². The van der Waals surface area contributed by atoms with Crippen LogP contribution < -0.4 is 5.32 Å². The quantitative estimate of drug-likeness (QED) is 0.795. The molecule has 2 aromatic rings. The van der Waals surface area contributed by atoms with Crippen LogP contribution in [0.3, 0.4) is 0 Å². The van der Waals surface area contributed by atoms with Crippen LogP contribution in [0, 0.1) is 6.92 Å². The number of nitrogens with one attached hydrogen (secondary N) is 1. The van der Waals surface area contributed by atoms with Crippen molar-refractivity contribution in [1.82, 2.24) is 20.1 Å². The molecule has 2 rings (SSSR count). The lowest BCUT2D eigenvalue weighted by molar-refractivity contribution is -0.139. The molecule has 0 bridgehead atoms. The molecule has 0 aliphatic heterocycles. The summed E-state index contributed by atoms with van der Waals surface area (Å²) in [7, 11) is 1.48. The van der Waals surface area contributed by atoms with E-state index in [0.29, 0.717) is 16.9 Å². The number of carbonyl (C=O) groups excluding carboxylic acids is 1. The van der Waals surface area contributed by atoms with Crippen LogP contribution >= 0.6 is 0 Å². The Hall–Kier alpha value is -2.48. The van der Waals surface area contributed by atoms with Gasteiger partial charge in [0.2, 0.25) is 0 Å². The highest BCUT2D eigenvalue weighted by Gasteiger charge is 2.22. The van der Waals surface area contributed by atoms with Crippen molar-refractivity contribution in [3.05, 3.63) is 23.5 Å². The summed E-state index contributed by atoms with van der Waals surface area (Å²) in [5, 5.41) is 16.7. The minimum atomic E-state index is -1.10. The van der Waals surface area contributed by atoms with Gasteiger partial charge in [0.1, 0.15) is 6.04 Å². The molecule has 0 fully saturated rings. The van der Waals surface area contributed by atoms with Gasteiger partial charge in [-0.2, -0.15) is 5.10 Å². The van der Waals surface area contributed by atoms with Crippen LogP contribution in [0.2, 0.25) is 0 Å². The number of aryl methyl sites for hydroxylation is 1. The summed E-state index contributed by atoms with van der Waals surface area (Å²) in [6.45, 7) is 5.96. The number of aromatic nitrogens is 3. The lowest BCUT2D eigenvalue weighted by atomic mass is 10.1. The number of amides is 1. The number of pyridine rings is 1. The van der Waals surface area contributed by atoms with Crippen LogP contribution in [0.5, 0.6) is 0 Å². The minimum absolute atomic E-state index is 0.152. The SMILES string of the molecule is COCCC(NC(=O)c1cc2cnn(C(C)C)c2nc1C)C(=O)O. The van der Waals surface area contributed by atoms with Crippen LogP contribution in [0.15, 0.2) is 12.3 Å². The number of hydrogen-bond donors (Lipinski definition) is 2. The first-order valence-electron chi connectivity index (χ1n) is 7.72. The Kier molecular flexibility index (Phi) is 5.50. The van der Waals surface area contributed by atoms with E-state index in [4.69, 9.17) is 4.74 Å². The molecule has 0 saturated carbocycles. The van der Waals surface area contributed by atoms with Gasteiger partial charge in [-0.25, -0.2) is 14.5 Å². The average Bonchev–Trinajstić information content (AvgIpc) is 2.92. The fraction of sp³-hybridized carbons (Fsp3) is 0.500. The Balaban J connectivity index is 2.29. The van der Waals surface area contributed by atoms with E-state index in [2.05, 4.69) is 15.4 Å². The Morgan fingerprint density at radius 1 is 1.42 bits per heavy atom. The fourth-order valence-electron chi connectivity index (χ4n) is 2.40. The molecule has 1 atom stereocenters. The first-order valence-corrected chi connectivity index (χ1v) is 7.72. The third-order valence-electron chi connectivity index (χ3n) is 3.71. The predicted molar refractivity (Wildman–Crippen MR) is 88.0 cm³/mol. The summed E-state index contributed by atoms with van der Waals surface area (Å²) in [5.41, 5.74) is 1.57. The number of carboxylic acids is 1. The molecule has 2 aromatic heterocycles. The van der Waals surface area contributed by atoms with E-state index in [-0.39, 0.29) is 19.1 Å². The van der Waals surface area contributed by atoms with Gasteiger partial charge >= 0.3 is 5.97 Å². The predicted octanol–water partition coefficient (Wildman–Crippen LogP) is 1.54. The zero-order chi connectivity index (χ0) is 17.9. The number of carboxylic acid groups (broad SMARTS) is 1. The van der Waals surface area contributed by atoms with Crippen molar-refractivity contribution < 1.29 is 19.4 Å². The summed E-state index contributed by atoms with van der Waals surface area (Å²) >= 11 is 0. The van der Waals surface area contributed by atoms with E-state index in [1.807, 2.05) is 13.8 Å². The van der Waals surface area contributed by atoms with Gasteiger partial charge in [0.15, 0.2) is 5.65 Å². The summed E-state index contributed by atoms with van der Waals surface area (Å²) in [5.74, 6) is -1.57. The van der Waals surface area contributed by atoms with E-state index < -0.39 is 17.9 Å². The number of methoxy groups -OCH3 is 1.